The summed E-state index contributed by atoms with van der Waals surface area (Å²) in [5.41, 5.74) is 0. The largest absolute Gasteiger partial charge is 0.356 e. The Hall–Kier alpha value is -1.81. The molecule has 21 heavy (non-hydrogen) atoms. The number of nitrogens with one attached hydrogen (secondary N) is 1. The number of terminal acetylenes is 1. The number of anilines is 1. The van der Waals surface area contributed by atoms with Crippen LogP contribution in [0.3, 0.4) is 0 Å². The van der Waals surface area contributed by atoms with Gasteiger partial charge in [-0.2, -0.15) is 4.37 Å². The number of aliphatic imine (C=N–C) groups is 1. The topological polar surface area (TPSA) is 56.7 Å². The molecule has 0 radical (unpaired) electrons. The highest BCUT2D eigenvalue weighted by Crippen LogP contribution is 2.19. The molecular formula is C14H22N6S. The average molecular weight is 306 g/mol. The molecule has 1 aromatic rings. The van der Waals surface area contributed by atoms with Gasteiger partial charge in [0.2, 0.25) is 5.13 Å². The second-order valence-corrected chi connectivity index (χ2v) is 5.43. The molecule has 1 N–H and O–H groups in total. The van der Waals surface area contributed by atoms with Gasteiger partial charge in [-0.1, -0.05) is 12.8 Å². The molecule has 1 aromatic heterocycles. The summed E-state index contributed by atoms with van der Waals surface area (Å²) in [4.78, 5) is 13.5. The molecular weight excluding hydrogens is 284 g/mol. The van der Waals surface area contributed by atoms with Crippen LogP contribution in [-0.2, 0) is 6.42 Å². The Morgan fingerprint density at radius 3 is 2.71 bits per heavy atom. The van der Waals surface area contributed by atoms with Crippen LogP contribution in [0.5, 0.6) is 0 Å². The maximum Gasteiger partial charge on any atom is 0.205 e. The van der Waals surface area contributed by atoms with Gasteiger partial charge in [0.25, 0.3) is 0 Å². The van der Waals surface area contributed by atoms with E-state index in [1.165, 1.54) is 11.5 Å². The molecule has 0 spiro atoms. The highest BCUT2D eigenvalue weighted by Gasteiger charge is 2.21. The van der Waals surface area contributed by atoms with Crippen molar-refractivity contribution in [2.24, 2.45) is 4.99 Å². The third-order valence-electron chi connectivity index (χ3n) is 3.28. The summed E-state index contributed by atoms with van der Waals surface area (Å²) in [5, 5.41) is 4.32. The minimum atomic E-state index is 0.415. The van der Waals surface area contributed by atoms with Gasteiger partial charge in [-0.25, -0.2) is 9.98 Å². The van der Waals surface area contributed by atoms with Crippen LogP contribution >= 0.6 is 11.5 Å². The van der Waals surface area contributed by atoms with Crippen molar-refractivity contribution in [3.8, 4) is 12.3 Å². The van der Waals surface area contributed by atoms with Crippen LogP contribution in [0.15, 0.2) is 4.99 Å². The third kappa shape index (κ3) is 4.08. The molecule has 0 amide bonds. The summed E-state index contributed by atoms with van der Waals surface area (Å²) < 4.78 is 4.35. The van der Waals surface area contributed by atoms with E-state index < -0.39 is 0 Å². The van der Waals surface area contributed by atoms with Crippen molar-refractivity contribution >= 4 is 22.6 Å². The van der Waals surface area contributed by atoms with Crippen molar-refractivity contribution in [1.29, 1.82) is 0 Å². The number of aryl methyl sites for hydroxylation is 1. The molecule has 1 saturated heterocycles. The second kappa shape index (κ2) is 7.84. The zero-order chi connectivity index (χ0) is 15.1. The molecule has 0 bridgehead atoms. The highest BCUT2D eigenvalue weighted by atomic mass is 32.1. The lowest BCUT2D eigenvalue weighted by Gasteiger charge is -2.36. The Morgan fingerprint density at radius 1 is 1.38 bits per heavy atom. The van der Waals surface area contributed by atoms with Gasteiger partial charge in [0.1, 0.15) is 12.4 Å². The molecule has 6 nitrogen and oxygen atoms in total. The summed E-state index contributed by atoms with van der Waals surface area (Å²) in [7, 11) is 0. The molecule has 0 saturated carbocycles. The van der Waals surface area contributed by atoms with Crippen LogP contribution in [0.25, 0.3) is 0 Å². The fraction of sp³-hybridized carbons (Fsp3) is 0.643. The summed E-state index contributed by atoms with van der Waals surface area (Å²) in [6, 6.07) is 0. The lowest BCUT2D eigenvalue weighted by Crippen LogP contribution is -2.52. The van der Waals surface area contributed by atoms with Gasteiger partial charge in [0.05, 0.1) is 0 Å². The van der Waals surface area contributed by atoms with Crippen molar-refractivity contribution in [1.82, 2.24) is 19.6 Å². The van der Waals surface area contributed by atoms with Crippen LogP contribution in [0.4, 0.5) is 5.13 Å². The predicted octanol–water partition coefficient (Wildman–Crippen LogP) is 0.821. The van der Waals surface area contributed by atoms with E-state index in [1.54, 1.807) is 0 Å². The smallest absolute Gasteiger partial charge is 0.205 e. The maximum absolute atomic E-state index is 5.29. The first-order valence-corrected chi connectivity index (χ1v) is 8.10. The quantitative estimate of drug-likeness (QED) is 0.507. The number of hydrogen-bond acceptors (Lipinski definition) is 5. The van der Waals surface area contributed by atoms with Gasteiger partial charge in [-0.3, -0.25) is 0 Å². The molecule has 1 aliphatic rings. The van der Waals surface area contributed by atoms with Crippen molar-refractivity contribution in [2.75, 3.05) is 44.2 Å². The molecule has 0 aliphatic carbocycles. The molecule has 0 unspecified atom stereocenters. The minimum absolute atomic E-state index is 0.415. The Balaban J connectivity index is 1.93. The summed E-state index contributed by atoms with van der Waals surface area (Å²) in [6.45, 7) is 9.09. The Labute approximate surface area is 130 Å². The Morgan fingerprint density at radius 2 is 2.14 bits per heavy atom. The van der Waals surface area contributed by atoms with Crippen molar-refractivity contribution in [2.45, 2.75) is 20.3 Å². The summed E-state index contributed by atoms with van der Waals surface area (Å²) in [6.07, 6.45) is 6.18. The fourth-order valence-corrected chi connectivity index (χ4v) is 2.97. The van der Waals surface area contributed by atoms with Crippen LogP contribution < -0.4 is 10.2 Å². The van der Waals surface area contributed by atoms with Crippen molar-refractivity contribution in [3.05, 3.63) is 5.82 Å². The lowest BCUT2D eigenvalue weighted by atomic mass is 10.3. The van der Waals surface area contributed by atoms with Crippen LogP contribution in [-0.4, -0.2) is 59.5 Å². The van der Waals surface area contributed by atoms with E-state index in [9.17, 15) is 0 Å². The fourth-order valence-electron chi connectivity index (χ4n) is 2.17. The molecule has 1 fully saturated rings. The number of guanidine groups is 1. The molecule has 2 heterocycles. The second-order valence-electron chi connectivity index (χ2n) is 4.70. The first-order valence-electron chi connectivity index (χ1n) is 7.32. The molecule has 1 aliphatic heterocycles. The maximum atomic E-state index is 5.29. The number of piperazine rings is 1. The highest BCUT2D eigenvalue weighted by molar-refractivity contribution is 7.09. The minimum Gasteiger partial charge on any atom is -0.356 e. The Bertz CT molecular complexity index is 510. The first kappa shape index (κ1) is 15.6. The Kier molecular flexibility index (Phi) is 5.81. The molecule has 7 heteroatoms. The first-order chi connectivity index (χ1) is 10.3. The van der Waals surface area contributed by atoms with Gasteiger partial charge in [0.15, 0.2) is 5.96 Å². The normalized spacial score (nSPS) is 16.0. The number of aromatic nitrogens is 2. The number of nitrogens with zero attached hydrogens (tertiary/aromatic N) is 5. The van der Waals surface area contributed by atoms with E-state index in [2.05, 4.69) is 49.2 Å². The average Bonchev–Trinajstić information content (AvgIpc) is 3.01. The van der Waals surface area contributed by atoms with E-state index in [0.717, 1.165) is 56.1 Å². The zero-order valence-electron chi connectivity index (χ0n) is 12.7. The number of hydrogen-bond donors (Lipinski definition) is 1. The number of rotatable bonds is 4. The molecule has 0 atom stereocenters. The SMILES string of the molecule is C#CCN=C(NCC)N1CCN(c2nc(CC)ns2)CC1. The standard InChI is InChI=1S/C14H22N6S/c1-4-7-16-13(15-6-3)19-8-10-20(11-9-19)14-17-12(5-2)18-21-14/h1H,5-11H2,2-3H3,(H,15,16). The van der Waals surface area contributed by atoms with Gasteiger partial charge in [-0.05, 0) is 6.92 Å². The zero-order valence-corrected chi connectivity index (χ0v) is 13.5. The van der Waals surface area contributed by atoms with Gasteiger partial charge in [0, 0.05) is 50.7 Å². The van der Waals surface area contributed by atoms with E-state index >= 15 is 0 Å². The van der Waals surface area contributed by atoms with Crippen LogP contribution in [0.2, 0.25) is 0 Å². The van der Waals surface area contributed by atoms with E-state index in [0.29, 0.717) is 6.54 Å². The van der Waals surface area contributed by atoms with Gasteiger partial charge < -0.3 is 15.1 Å². The molecule has 114 valence electrons. The van der Waals surface area contributed by atoms with E-state index in [-0.39, 0.29) is 0 Å². The summed E-state index contributed by atoms with van der Waals surface area (Å²) >= 11 is 1.49. The van der Waals surface area contributed by atoms with Gasteiger partial charge in [-0.15, -0.1) is 6.42 Å². The van der Waals surface area contributed by atoms with Crippen LogP contribution in [0.1, 0.15) is 19.7 Å². The van der Waals surface area contributed by atoms with Gasteiger partial charge >= 0.3 is 0 Å². The molecule has 0 aromatic carbocycles. The van der Waals surface area contributed by atoms with E-state index in [4.69, 9.17) is 6.42 Å². The van der Waals surface area contributed by atoms with Crippen molar-refractivity contribution < 1.29 is 0 Å². The monoisotopic (exact) mass is 306 g/mol. The van der Waals surface area contributed by atoms with Crippen molar-refractivity contribution in [3.63, 3.8) is 0 Å². The van der Waals surface area contributed by atoms with Crippen LogP contribution in [0, 0.1) is 12.3 Å². The predicted molar refractivity (Wildman–Crippen MR) is 87.9 cm³/mol. The molecule has 2 rings (SSSR count). The van der Waals surface area contributed by atoms with E-state index in [1.807, 2.05) is 0 Å². The summed E-state index contributed by atoms with van der Waals surface area (Å²) in [5.74, 6) is 4.39. The lowest BCUT2D eigenvalue weighted by molar-refractivity contribution is 0.373. The third-order valence-corrected chi connectivity index (χ3v) is 4.09.